The maximum atomic E-state index is 11.3. The van der Waals surface area contributed by atoms with E-state index in [4.69, 9.17) is 0 Å². The van der Waals surface area contributed by atoms with Gasteiger partial charge in [-0.3, -0.25) is 10.1 Å². The average Bonchev–Trinajstić information content (AvgIpc) is 2.67. The lowest BCUT2D eigenvalue weighted by Crippen LogP contribution is -2.27. The lowest BCUT2D eigenvalue weighted by atomic mass is 9.95. The Balaban J connectivity index is 3.10. The van der Waals surface area contributed by atoms with E-state index < -0.39 is 0 Å². The van der Waals surface area contributed by atoms with Gasteiger partial charge in [0.2, 0.25) is 5.82 Å². The zero-order valence-electron chi connectivity index (χ0n) is 13.1. The standard InChI is InChI=1S/C14H26N4O2/c1-6-9-17-14(13(18(19)20)11(5)16-17)15-10(4)12(7-2)8-3/h10,12,15H,6-9H2,1-5H3. The van der Waals surface area contributed by atoms with Crippen molar-refractivity contribution in [1.29, 1.82) is 0 Å². The smallest absolute Gasteiger partial charge is 0.333 e. The molecule has 0 fully saturated rings. The zero-order chi connectivity index (χ0) is 15.3. The Kier molecular flexibility index (Phi) is 5.98. The second-order valence-electron chi connectivity index (χ2n) is 5.27. The molecule has 0 spiro atoms. The number of nitro groups is 1. The summed E-state index contributed by atoms with van der Waals surface area (Å²) in [4.78, 5) is 10.9. The van der Waals surface area contributed by atoms with Crippen LogP contribution in [0.25, 0.3) is 0 Å². The average molecular weight is 282 g/mol. The number of hydrogen-bond donors (Lipinski definition) is 1. The Morgan fingerprint density at radius 1 is 1.35 bits per heavy atom. The van der Waals surface area contributed by atoms with Crippen molar-refractivity contribution >= 4 is 11.5 Å². The molecule has 1 aromatic heterocycles. The summed E-state index contributed by atoms with van der Waals surface area (Å²) >= 11 is 0. The van der Waals surface area contributed by atoms with Gasteiger partial charge in [-0.05, 0) is 26.2 Å². The molecule has 0 amide bonds. The number of aromatic nitrogens is 2. The van der Waals surface area contributed by atoms with Gasteiger partial charge in [0.25, 0.3) is 0 Å². The number of hydrogen-bond acceptors (Lipinski definition) is 4. The van der Waals surface area contributed by atoms with Crippen molar-refractivity contribution in [3.05, 3.63) is 15.8 Å². The first-order valence-electron chi connectivity index (χ1n) is 7.44. The summed E-state index contributed by atoms with van der Waals surface area (Å²) < 4.78 is 1.73. The largest absolute Gasteiger partial charge is 0.362 e. The van der Waals surface area contributed by atoms with Crippen molar-refractivity contribution in [2.75, 3.05) is 5.32 Å². The van der Waals surface area contributed by atoms with Gasteiger partial charge in [0.15, 0.2) is 0 Å². The van der Waals surface area contributed by atoms with E-state index in [9.17, 15) is 10.1 Å². The molecule has 0 aromatic carbocycles. The summed E-state index contributed by atoms with van der Waals surface area (Å²) in [5.74, 6) is 1.05. The number of nitrogens with one attached hydrogen (secondary N) is 1. The van der Waals surface area contributed by atoms with Crippen molar-refractivity contribution < 1.29 is 4.92 Å². The van der Waals surface area contributed by atoms with Gasteiger partial charge in [-0.1, -0.05) is 33.6 Å². The molecule has 1 heterocycles. The summed E-state index contributed by atoms with van der Waals surface area (Å²) in [6, 6.07) is 0.190. The van der Waals surface area contributed by atoms with E-state index in [1.165, 1.54) is 0 Å². The third-order valence-corrected chi connectivity index (χ3v) is 3.83. The van der Waals surface area contributed by atoms with E-state index in [1.54, 1.807) is 11.6 Å². The third-order valence-electron chi connectivity index (χ3n) is 3.83. The second kappa shape index (κ2) is 7.26. The lowest BCUT2D eigenvalue weighted by molar-refractivity contribution is -0.384. The van der Waals surface area contributed by atoms with Gasteiger partial charge < -0.3 is 5.32 Å². The van der Waals surface area contributed by atoms with Crippen LogP contribution in [0.15, 0.2) is 0 Å². The van der Waals surface area contributed by atoms with Gasteiger partial charge in [0.1, 0.15) is 5.69 Å². The number of aryl methyl sites for hydroxylation is 2. The van der Waals surface area contributed by atoms with E-state index in [2.05, 4.69) is 31.2 Å². The SMILES string of the molecule is CCCn1nc(C)c([N+](=O)[O-])c1NC(C)C(CC)CC. The highest BCUT2D eigenvalue weighted by molar-refractivity contribution is 5.60. The molecule has 0 aliphatic carbocycles. The number of anilines is 1. The first-order chi connectivity index (χ1) is 9.46. The van der Waals surface area contributed by atoms with Crippen molar-refractivity contribution in [2.24, 2.45) is 5.92 Å². The van der Waals surface area contributed by atoms with Crippen LogP contribution < -0.4 is 5.32 Å². The van der Waals surface area contributed by atoms with Gasteiger partial charge in [-0.2, -0.15) is 5.10 Å². The fourth-order valence-corrected chi connectivity index (χ4v) is 2.64. The van der Waals surface area contributed by atoms with Crippen molar-refractivity contribution in [3.8, 4) is 0 Å². The Morgan fingerprint density at radius 3 is 2.40 bits per heavy atom. The van der Waals surface area contributed by atoms with Crippen LogP contribution in [-0.4, -0.2) is 20.7 Å². The van der Waals surface area contributed by atoms with Gasteiger partial charge in [0.05, 0.1) is 4.92 Å². The van der Waals surface area contributed by atoms with Crippen LogP contribution >= 0.6 is 0 Å². The van der Waals surface area contributed by atoms with Crippen molar-refractivity contribution in [3.63, 3.8) is 0 Å². The molecule has 20 heavy (non-hydrogen) atoms. The van der Waals surface area contributed by atoms with Crippen LogP contribution in [0, 0.1) is 23.0 Å². The molecular formula is C14H26N4O2. The van der Waals surface area contributed by atoms with E-state index in [1.807, 2.05) is 6.92 Å². The molecule has 0 aliphatic rings. The predicted octanol–water partition coefficient (Wildman–Crippen LogP) is 3.75. The molecule has 0 bridgehead atoms. The topological polar surface area (TPSA) is 73.0 Å². The van der Waals surface area contributed by atoms with Gasteiger partial charge in [0, 0.05) is 12.6 Å². The van der Waals surface area contributed by atoms with E-state index in [0.717, 1.165) is 19.3 Å². The molecule has 0 aliphatic heterocycles. The molecule has 1 aromatic rings. The Hall–Kier alpha value is -1.59. The number of rotatable bonds is 8. The predicted molar refractivity (Wildman–Crippen MR) is 81.1 cm³/mol. The highest BCUT2D eigenvalue weighted by atomic mass is 16.6. The van der Waals surface area contributed by atoms with E-state index >= 15 is 0 Å². The highest BCUT2D eigenvalue weighted by Crippen LogP contribution is 2.30. The minimum atomic E-state index is -0.337. The molecule has 114 valence electrons. The van der Waals surface area contributed by atoms with E-state index in [0.29, 0.717) is 24.0 Å². The molecule has 0 saturated heterocycles. The Labute approximate surface area is 120 Å². The maximum Gasteiger partial charge on any atom is 0.333 e. The van der Waals surface area contributed by atoms with Crippen molar-refractivity contribution in [2.45, 2.75) is 66.5 Å². The molecule has 1 rings (SSSR count). The monoisotopic (exact) mass is 282 g/mol. The van der Waals surface area contributed by atoms with Crippen LogP contribution in [-0.2, 0) is 6.54 Å². The summed E-state index contributed by atoms with van der Waals surface area (Å²) in [7, 11) is 0. The fourth-order valence-electron chi connectivity index (χ4n) is 2.64. The molecule has 6 nitrogen and oxygen atoms in total. The van der Waals surface area contributed by atoms with Crippen LogP contribution in [0.1, 0.15) is 52.7 Å². The molecule has 0 radical (unpaired) electrons. The Morgan fingerprint density at radius 2 is 1.95 bits per heavy atom. The number of nitrogens with zero attached hydrogens (tertiary/aromatic N) is 3. The van der Waals surface area contributed by atoms with Crippen LogP contribution in [0.5, 0.6) is 0 Å². The van der Waals surface area contributed by atoms with Gasteiger partial charge in [-0.25, -0.2) is 4.68 Å². The molecule has 1 atom stereocenters. The van der Waals surface area contributed by atoms with Crippen LogP contribution in [0.2, 0.25) is 0 Å². The molecule has 0 saturated carbocycles. The zero-order valence-corrected chi connectivity index (χ0v) is 13.1. The minimum Gasteiger partial charge on any atom is -0.362 e. The van der Waals surface area contributed by atoms with Gasteiger partial charge >= 0.3 is 5.69 Å². The first kappa shape index (κ1) is 16.5. The summed E-state index contributed by atoms with van der Waals surface area (Å²) in [6.07, 6.45) is 3.01. The lowest BCUT2D eigenvalue weighted by Gasteiger charge is -2.23. The first-order valence-corrected chi connectivity index (χ1v) is 7.44. The van der Waals surface area contributed by atoms with E-state index in [-0.39, 0.29) is 16.7 Å². The quantitative estimate of drug-likeness (QED) is 0.582. The minimum absolute atomic E-state index is 0.108. The maximum absolute atomic E-state index is 11.3. The van der Waals surface area contributed by atoms with Crippen LogP contribution in [0.4, 0.5) is 11.5 Å². The van der Waals surface area contributed by atoms with Crippen LogP contribution in [0.3, 0.4) is 0 Å². The fraction of sp³-hybridized carbons (Fsp3) is 0.786. The molecule has 6 heteroatoms. The summed E-state index contributed by atoms with van der Waals surface area (Å²) in [6.45, 7) is 10.8. The highest BCUT2D eigenvalue weighted by Gasteiger charge is 2.27. The second-order valence-corrected chi connectivity index (χ2v) is 5.27. The summed E-state index contributed by atoms with van der Waals surface area (Å²) in [5.41, 5.74) is 0.582. The molecular weight excluding hydrogens is 256 g/mol. The Bertz CT molecular complexity index is 452. The molecule has 1 N–H and O–H groups in total. The van der Waals surface area contributed by atoms with Gasteiger partial charge in [-0.15, -0.1) is 0 Å². The van der Waals surface area contributed by atoms with Crippen molar-refractivity contribution in [1.82, 2.24) is 9.78 Å². The summed E-state index contributed by atoms with van der Waals surface area (Å²) in [5, 5.41) is 18.9. The normalized spacial score (nSPS) is 12.7. The molecule has 1 unspecified atom stereocenters. The third kappa shape index (κ3) is 3.49.